The molecule has 0 saturated heterocycles. The molecule has 0 saturated carbocycles. The standard InChI is InChI=1S/C8H10F2.C3H6/c1-4-7(9)5-8(10)6(2)3;1-3-2/h4-5H,2H2,1,3H3;3H,1H2,2H3/b7-4+,8-5+;. The Morgan fingerprint density at radius 1 is 1.23 bits per heavy atom. The first kappa shape index (κ1) is 14.3. The maximum absolute atomic E-state index is 12.4. The van der Waals surface area contributed by atoms with Crippen LogP contribution in [0.25, 0.3) is 0 Å². The van der Waals surface area contributed by atoms with Gasteiger partial charge >= 0.3 is 0 Å². The summed E-state index contributed by atoms with van der Waals surface area (Å²) in [5, 5.41) is 0. The fourth-order valence-corrected chi connectivity index (χ4v) is 0.328. The van der Waals surface area contributed by atoms with Crippen molar-refractivity contribution in [1.82, 2.24) is 0 Å². The molecule has 0 aromatic rings. The average Bonchev–Trinajstić information content (AvgIpc) is 2.05. The van der Waals surface area contributed by atoms with Gasteiger partial charge in [-0.25, -0.2) is 8.78 Å². The van der Waals surface area contributed by atoms with Gasteiger partial charge in [0.2, 0.25) is 0 Å². The van der Waals surface area contributed by atoms with Gasteiger partial charge in [-0.05, 0) is 26.3 Å². The zero-order chi connectivity index (χ0) is 10.9. The van der Waals surface area contributed by atoms with Crippen LogP contribution >= 0.6 is 0 Å². The molecular formula is C11H16F2. The minimum Gasteiger partial charge on any atom is -0.207 e. The lowest BCUT2D eigenvalue weighted by atomic mass is 10.3. The van der Waals surface area contributed by atoms with Crippen molar-refractivity contribution in [3.05, 3.63) is 48.6 Å². The fraction of sp³-hybridized carbons (Fsp3) is 0.273. The van der Waals surface area contributed by atoms with Crippen LogP contribution in [0.2, 0.25) is 0 Å². The number of hydrogen-bond donors (Lipinski definition) is 0. The zero-order valence-electron chi connectivity index (χ0n) is 8.40. The predicted octanol–water partition coefficient (Wildman–Crippen LogP) is 4.48. The first-order valence-electron chi connectivity index (χ1n) is 3.91. The second-order valence-electron chi connectivity index (χ2n) is 2.35. The SMILES string of the molecule is C=C(C)/C(F)=C\C(F)=C/C.C=CC. The van der Waals surface area contributed by atoms with Crippen molar-refractivity contribution in [1.29, 1.82) is 0 Å². The molecule has 0 atom stereocenters. The minimum absolute atomic E-state index is 0.233. The molecule has 0 aromatic carbocycles. The summed E-state index contributed by atoms with van der Waals surface area (Å²) in [6.07, 6.45) is 3.74. The summed E-state index contributed by atoms with van der Waals surface area (Å²) in [4.78, 5) is 0. The van der Waals surface area contributed by atoms with E-state index >= 15 is 0 Å². The molecule has 0 amide bonds. The van der Waals surface area contributed by atoms with Crippen LogP contribution in [0.1, 0.15) is 20.8 Å². The zero-order valence-corrected chi connectivity index (χ0v) is 8.40. The van der Waals surface area contributed by atoms with Gasteiger partial charge in [-0.3, -0.25) is 0 Å². The second kappa shape index (κ2) is 8.91. The van der Waals surface area contributed by atoms with E-state index in [4.69, 9.17) is 0 Å². The molecule has 0 radical (unpaired) electrons. The Balaban J connectivity index is 0. The molecule has 74 valence electrons. The van der Waals surface area contributed by atoms with Crippen molar-refractivity contribution in [3.63, 3.8) is 0 Å². The Bertz CT molecular complexity index is 222. The van der Waals surface area contributed by atoms with Gasteiger partial charge in [0.25, 0.3) is 0 Å². The van der Waals surface area contributed by atoms with Gasteiger partial charge in [0.15, 0.2) is 0 Å². The van der Waals surface area contributed by atoms with Crippen LogP contribution in [0.5, 0.6) is 0 Å². The Morgan fingerprint density at radius 2 is 1.62 bits per heavy atom. The van der Waals surface area contributed by atoms with Crippen molar-refractivity contribution < 1.29 is 8.78 Å². The second-order valence-corrected chi connectivity index (χ2v) is 2.35. The summed E-state index contributed by atoms with van der Waals surface area (Å²) < 4.78 is 24.7. The van der Waals surface area contributed by atoms with E-state index in [0.29, 0.717) is 0 Å². The third-order valence-electron chi connectivity index (χ3n) is 0.948. The van der Waals surface area contributed by atoms with Crippen molar-refractivity contribution in [3.8, 4) is 0 Å². The highest BCUT2D eigenvalue weighted by molar-refractivity contribution is 5.26. The van der Waals surface area contributed by atoms with Crippen LogP contribution in [0, 0.1) is 0 Å². The van der Waals surface area contributed by atoms with E-state index in [2.05, 4.69) is 13.2 Å². The molecule has 0 aliphatic carbocycles. The molecular weight excluding hydrogens is 170 g/mol. The molecule has 0 fully saturated rings. The van der Waals surface area contributed by atoms with Crippen molar-refractivity contribution in [2.75, 3.05) is 0 Å². The van der Waals surface area contributed by atoms with Crippen LogP contribution in [0.15, 0.2) is 48.6 Å². The number of hydrogen-bond acceptors (Lipinski definition) is 0. The summed E-state index contributed by atoms with van der Waals surface area (Å²) in [5.41, 5.74) is 0.233. The quantitative estimate of drug-likeness (QED) is 0.440. The van der Waals surface area contributed by atoms with Gasteiger partial charge in [0.05, 0.1) is 0 Å². The van der Waals surface area contributed by atoms with Crippen LogP contribution in [0.3, 0.4) is 0 Å². The highest BCUT2D eigenvalue weighted by Gasteiger charge is 1.95. The van der Waals surface area contributed by atoms with E-state index < -0.39 is 11.7 Å². The lowest BCUT2D eigenvalue weighted by Gasteiger charge is -1.91. The number of allylic oxidation sites excluding steroid dienone is 6. The van der Waals surface area contributed by atoms with E-state index in [1.165, 1.54) is 19.9 Å². The Labute approximate surface area is 79.0 Å². The van der Waals surface area contributed by atoms with Crippen molar-refractivity contribution in [2.24, 2.45) is 0 Å². The van der Waals surface area contributed by atoms with E-state index in [1.54, 1.807) is 6.08 Å². The van der Waals surface area contributed by atoms with Gasteiger partial charge in [0, 0.05) is 6.08 Å². The molecule has 0 spiro atoms. The van der Waals surface area contributed by atoms with Gasteiger partial charge in [-0.1, -0.05) is 18.7 Å². The Hall–Kier alpha value is -1.18. The molecule has 0 aromatic heterocycles. The minimum atomic E-state index is -0.615. The van der Waals surface area contributed by atoms with E-state index in [1.807, 2.05) is 6.92 Å². The molecule has 0 aliphatic heterocycles. The average molecular weight is 186 g/mol. The third-order valence-corrected chi connectivity index (χ3v) is 0.948. The predicted molar refractivity (Wildman–Crippen MR) is 54.7 cm³/mol. The van der Waals surface area contributed by atoms with E-state index in [0.717, 1.165) is 6.08 Å². The molecule has 13 heavy (non-hydrogen) atoms. The largest absolute Gasteiger partial charge is 0.207 e. The maximum atomic E-state index is 12.4. The summed E-state index contributed by atoms with van der Waals surface area (Å²) in [5.74, 6) is -1.20. The molecule has 0 aliphatic rings. The van der Waals surface area contributed by atoms with Crippen LogP contribution in [-0.2, 0) is 0 Å². The summed E-state index contributed by atoms with van der Waals surface area (Å²) in [6.45, 7) is 11.5. The van der Waals surface area contributed by atoms with Gasteiger partial charge in [0.1, 0.15) is 11.7 Å². The summed E-state index contributed by atoms with van der Waals surface area (Å²) in [6, 6.07) is 0. The molecule has 0 heterocycles. The van der Waals surface area contributed by atoms with E-state index in [-0.39, 0.29) is 5.57 Å². The highest BCUT2D eigenvalue weighted by Crippen LogP contribution is 2.11. The topological polar surface area (TPSA) is 0 Å². The monoisotopic (exact) mass is 186 g/mol. The Morgan fingerprint density at radius 3 is 1.85 bits per heavy atom. The summed E-state index contributed by atoms with van der Waals surface area (Å²) >= 11 is 0. The molecule has 0 bridgehead atoms. The van der Waals surface area contributed by atoms with Gasteiger partial charge in [-0.15, -0.1) is 6.58 Å². The Kier molecular flexibility index (Phi) is 9.84. The van der Waals surface area contributed by atoms with Crippen LogP contribution in [0.4, 0.5) is 8.78 Å². The molecule has 0 rings (SSSR count). The first-order chi connectivity index (χ1) is 5.99. The molecule has 0 N–H and O–H groups in total. The van der Waals surface area contributed by atoms with E-state index in [9.17, 15) is 8.78 Å². The maximum Gasteiger partial charge on any atom is 0.128 e. The molecule has 0 unspecified atom stereocenters. The molecule has 0 nitrogen and oxygen atoms in total. The first-order valence-corrected chi connectivity index (χ1v) is 3.91. The number of halogens is 2. The van der Waals surface area contributed by atoms with Crippen LogP contribution in [-0.4, -0.2) is 0 Å². The van der Waals surface area contributed by atoms with Gasteiger partial charge in [-0.2, -0.15) is 0 Å². The van der Waals surface area contributed by atoms with Crippen molar-refractivity contribution in [2.45, 2.75) is 20.8 Å². The van der Waals surface area contributed by atoms with Crippen molar-refractivity contribution >= 4 is 0 Å². The number of rotatable bonds is 2. The highest BCUT2D eigenvalue weighted by atomic mass is 19.1. The smallest absolute Gasteiger partial charge is 0.128 e. The fourth-order valence-electron chi connectivity index (χ4n) is 0.328. The lowest BCUT2D eigenvalue weighted by molar-refractivity contribution is 0.621. The normalized spacial score (nSPS) is 11.5. The van der Waals surface area contributed by atoms with Gasteiger partial charge < -0.3 is 0 Å². The summed E-state index contributed by atoms with van der Waals surface area (Å²) in [7, 11) is 0. The third kappa shape index (κ3) is 10.8. The molecule has 2 heteroatoms. The van der Waals surface area contributed by atoms with Crippen LogP contribution < -0.4 is 0 Å². The lowest BCUT2D eigenvalue weighted by Crippen LogP contribution is -1.74.